The van der Waals surface area contributed by atoms with Gasteiger partial charge in [0.05, 0.1) is 11.2 Å². The second-order valence-electron chi connectivity index (χ2n) is 6.32. The third-order valence-electron chi connectivity index (χ3n) is 4.60. The first kappa shape index (κ1) is 15.6. The fourth-order valence-electron chi connectivity index (χ4n) is 3.48. The summed E-state index contributed by atoms with van der Waals surface area (Å²) in [6.45, 7) is 5.37. The van der Waals surface area contributed by atoms with Crippen LogP contribution in [0.15, 0.2) is 30.0 Å². The highest BCUT2D eigenvalue weighted by Crippen LogP contribution is 2.36. The molecule has 1 aliphatic heterocycles. The summed E-state index contributed by atoms with van der Waals surface area (Å²) in [4.78, 5) is 14.9. The Morgan fingerprint density at radius 1 is 1.45 bits per heavy atom. The van der Waals surface area contributed by atoms with Gasteiger partial charge in [-0.3, -0.25) is 9.88 Å². The van der Waals surface area contributed by atoms with Gasteiger partial charge in [-0.2, -0.15) is 0 Å². The summed E-state index contributed by atoms with van der Waals surface area (Å²) in [6.07, 6.45) is 5.13. The van der Waals surface area contributed by atoms with E-state index in [1.54, 1.807) is 11.3 Å². The summed E-state index contributed by atoms with van der Waals surface area (Å²) in [6, 6.07) is 4.74. The van der Waals surface area contributed by atoms with Crippen molar-refractivity contribution in [3.05, 3.63) is 46.2 Å². The summed E-state index contributed by atoms with van der Waals surface area (Å²) in [5.74, 6) is 0.660. The van der Waals surface area contributed by atoms with Crippen LogP contribution < -0.4 is 0 Å². The van der Waals surface area contributed by atoms with Crippen molar-refractivity contribution in [1.82, 2.24) is 19.8 Å². The number of pyridine rings is 1. The Bertz CT molecular complexity index is 598. The van der Waals surface area contributed by atoms with E-state index in [0.717, 1.165) is 19.6 Å². The van der Waals surface area contributed by atoms with Crippen LogP contribution in [0.1, 0.15) is 28.6 Å². The van der Waals surface area contributed by atoms with Gasteiger partial charge in [0.25, 0.3) is 0 Å². The van der Waals surface area contributed by atoms with E-state index < -0.39 is 0 Å². The zero-order valence-corrected chi connectivity index (χ0v) is 14.4. The molecular formula is C17H24N4S. The van der Waals surface area contributed by atoms with Gasteiger partial charge in [-0.25, -0.2) is 4.98 Å². The van der Waals surface area contributed by atoms with Gasteiger partial charge in [0.2, 0.25) is 0 Å². The molecule has 22 heavy (non-hydrogen) atoms. The van der Waals surface area contributed by atoms with Crippen molar-refractivity contribution in [2.75, 3.05) is 27.2 Å². The van der Waals surface area contributed by atoms with E-state index in [9.17, 15) is 0 Å². The van der Waals surface area contributed by atoms with E-state index in [1.165, 1.54) is 22.6 Å². The number of aromatic nitrogens is 2. The molecule has 0 saturated carbocycles. The third kappa shape index (κ3) is 3.37. The molecule has 0 radical (unpaired) electrons. The van der Waals surface area contributed by atoms with Crippen LogP contribution in [-0.2, 0) is 6.54 Å². The lowest BCUT2D eigenvalue weighted by atomic mass is 9.94. The molecule has 2 atom stereocenters. The Morgan fingerprint density at radius 3 is 3.00 bits per heavy atom. The Kier molecular flexibility index (Phi) is 4.86. The summed E-state index contributed by atoms with van der Waals surface area (Å²) >= 11 is 1.76. The van der Waals surface area contributed by atoms with Crippen LogP contribution in [0.25, 0.3) is 0 Å². The van der Waals surface area contributed by atoms with E-state index in [0.29, 0.717) is 12.0 Å². The van der Waals surface area contributed by atoms with E-state index in [1.807, 2.05) is 24.0 Å². The average molecular weight is 316 g/mol. The van der Waals surface area contributed by atoms with Crippen LogP contribution in [-0.4, -0.2) is 47.0 Å². The molecule has 5 heteroatoms. The Balaban J connectivity index is 1.67. The van der Waals surface area contributed by atoms with Crippen molar-refractivity contribution in [2.24, 2.45) is 5.92 Å². The highest BCUT2D eigenvalue weighted by Gasteiger charge is 2.33. The van der Waals surface area contributed by atoms with Crippen LogP contribution in [0.3, 0.4) is 0 Å². The Hall–Kier alpha value is -1.30. The second-order valence-corrected chi connectivity index (χ2v) is 7.26. The van der Waals surface area contributed by atoms with Crippen LogP contribution in [0, 0.1) is 12.8 Å². The number of likely N-dealkylation sites (tertiary alicyclic amines) is 1. The maximum atomic E-state index is 4.35. The van der Waals surface area contributed by atoms with E-state index in [-0.39, 0.29) is 0 Å². The molecule has 0 bridgehead atoms. The summed E-state index contributed by atoms with van der Waals surface area (Å²) in [7, 11) is 4.45. The maximum absolute atomic E-state index is 4.35. The van der Waals surface area contributed by atoms with Crippen LogP contribution >= 0.6 is 11.3 Å². The predicted octanol–water partition coefficient (Wildman–Crippen LogP) is 2.97. The first-order chi connectivity index (χ1) is 10.6. The summed E-state index contributed by atoms with van der Waals surface area (Å²) in [5.41, 5.74) is 4.46. The van der Waals surface area contributed by atoms with Gasteiger partial charge < -0.3 is 4.90 Å². The standard InChI is InChI=1S/C17H24N4S/c1-13-16(22-12-19-13)11-20(2)10-15-6-8-21(3)17(15)14-5-4-7-18-9-14/h4-5,7,9,12,15,17H,6,8,10-11H2,1-3H3/t15-,17-/m0/s1. The van der Waals surface area contributed by atoms with E-state index in [4.69, 9.17) is 0 Å². The quantitative estimate of drug-likeness (QED) is 0.849. The molecule has 2 aromatic heterocycles. The van der Waals surface area contributed by atoms with Crippen LogP contribution in [0.2, 0.25) is 0 Å². The molecule has 1 fully saturated rings. The first-order valence-corrected chi connectivity index (χ1v) is 8.71. The highest BCUT2D eigenvalue weighted by atomic mass is 32.1. The summed E-state index contributed by atoms with van der Waals surface area (Å²) in [5, 5.41) is 0. The number of hydrogen-bond acceptors (Lipinski definition) is 5. The smallest absolute Gasteiger partial charge is 0.0798 e. The molecule has 0 spiro atoms. The Morgan fingerprint density at radius 2 is 2.32 bits per heavy atom. The molecule has 2 aromatic rings. The molecule has 118 valence electrons. The molecule has 3 rings (SSSR count). The number of thiazole rings is 1. The lowest BCUT2D eigenvalue weighted by Crippen LogP contribution is -2.30. The predicted molar refractivity (Wildman–Crippen MR) is 90.9 cm³/mol. The van der Waals surface area contributed by atoms with Crippen molar-refractivity contribution in [1.29, 1.82) is 0 Å². The largest absolute Gasteiger partial charge is 0.301 e. The summed E-state index contributed by atoms with van der Waals surface area (Å²) < 4.78 is 0. The molecule has 0 unspecified atom stereocenters. The average Bonchev–Trinajstić information content (AvgIpc) is 3.07. The highest BCUT2D eigenvalue weighted by molar-refractivity contribution is 7.09. The van der Waals surface area contributed by atoms with Gasteiger partial charge in [0.15, 0.2) is 0 Å². The van der Waals surface area contributed by atoms with Gasteiger partial charge in [-0.15, -0.1) is 11.3 Å². The monoisotopic (exact) mass is 316 g/mol. The molecule has 3 heterocycles. The van der Waals surface area contributed by atoms with Crippen LogP contribution in [0.4, 0.5) is 0 Å². The van der Waals surface area contributed by atoms with Crippen LogP contribution in [0.5, 0.6) is 0 Å². The number of aryl methyl sites for hydroxylation is 1. The van der Waals surface area contributed by atoms with E-state index >= 15 is 0 Å². The zero-order chi connectivity index (χ0) is 15.5. The minimum Gasteiger partial charge on any atom is -0.301 e. The van der Waals surface area contributed by atoms with Gasteiger partial charge in [-0.05, 0) is 51.5 Å². The molecule has 1 saturated heterocycles. The molecule has 1 aliphatic rings. The lowest BCUT2D eigenvalue weighted by Gasteiger charge is -2.28. The molecule has 0 N–H and O–H groups in total. The van der Waals surface area contributed by atoms with Crippen molar-refractivity contribution in [3.63, 3.8) is 0 Å². The van der Waals surface area contributed by atoms with Crippen molar-refractivity contribution in [3.8, 4) is 0 Å². The number of nitrogens with zero attached hydrogens (tertiary/aromatic N) is 4. The fraction of sp³-hybridized carbons (Fsp3) is 0.529. The van der Waals surface area contributed by atoms with Gasteiger partial charge in [-0.1, -0.05) is 6.07 Å². The maximum Gasteiger partial charge on any atom is 0.0798 e. The van der Waals surface area contributed by atoms with Crippen molar-refractivity contribution < 1.29 is 0 Å². The Labute approximate surface area is 136 Å². The zero-order valence-electron chi connectivity index (χ0n) is 13.6. The molecule has 4 nitrogen and oxygen atoms in total. The van der Waals surface area contributed by atoms with E-state index in [2.05, 4.69) is 46.9 Å². The number of rotatable bonds is 5. The third-order valence-corrected chi connectivity index (χ3v) is 5.52. The first-order valence-electron chi connectivity index (χ1n) is 7.83. The molecular weight excluding hydrogens is 292 g/mol. The lowest BCUT2D eigenvalue weighted by molar-refractivity contribution is 0.214. The van der Waals surface area contributed by atoms with Crippen molar-refractivity contribution in [2.45, 2.75) is 25.9 Å². The topological polar surface area (TPSA) is 32.3 Å². The normalized spacial score (nSPS) is 22.5. The van der Waals surface area contributed by atoms with Gasteiger partial charge >= 0.3 is 0 Å². The fourth-order valence-corrected chi connectivity index (χ4v) is 4.34. The van der Waals surface area contributed by atoms with Gasteiger partial charge in [0, 0.05) is 36.4 Å². The van der Waals surface area contributed by atoms with Gasteiger partial charge in [0.1, 0.15) is 0 Å². The second kappa shape index (κ2) is 6.86. The number of hydrogen-bond donors (Lipinski definition) is 0. The minimum absolute atomic E-state index is 0.485. The molecule has 0 amide bonds. The minimum atomic E-state index is 0.485. The molecule has 0 aromatic carbocycles. The molecule has 0 aliphatic carbocycles. The van der Waals surface area contributed by atoms with Crippen molar-refractivity contribution >= 4 is 11.3 Å². The SMILES string of the molecule is Cc1ncsc1CN(C)C[C@@H]1CCN(C)[C@H]1c1cccnc1.